The molecule has 5 heteroatoms. The van der Waals surface area contributed by atoms with Crippen molar-refractivity contribution in [1.82, 2.24) is 15.0 Å². The first kappa shape index (κ1) is 10.8. The van der Waals surface area contributed by atoms with Crippen molar-refractivity contribution in [1.29, 1.82) is 0 Å². The molecule has 0 aliphatic rings. The smallest absolute Gasteiger partial charge is 0.250 e. The van der Waals surface area contributed by atoms with Gasteiger partial charge in [-0.2, -0.15) is 0 Å². The number of amides is 1. The normalized spacial score (nSPS) is 8.53. The Balaban J connectivity index is 0.000000162. The third-order valence-corrected chi connectivity index (χ3v) is 1.42. The molecule has 2 rings (SSSR count). The van der Waals surface area contributed by atoms with Crippen LogP contribution in [0.15, 0.2) is 49.3 Å². The van der Waals surface area contributed by atoms with Crippen molar-refractivity contribution in [3.63, 3.8) is 0 Å². The molecule has 2 aromatic rings. The standard InChI is InChI=1S/C6H6N2O.C4H4N2/c7-6(9)5-2-1-3-8-4-5;1-2-5-4-6-3-1/h1-4H,(H2,7,9);1-4H. The van der Waals surface area contributed by atoms with E-state index in [0.717, 1.165) is 0 Å². The molecule has 1 amide bonds. The Labute approximate surface area is 87.0 Å². The van der Waals surface area contributed by atoms with Gasteiger partial charge in [-0.3, -0.25) is 9.78 Å². The number of hydrogen-bond acceptors (Lipinski definition) is 4. The minimum absolute atomic E-state index is 0.442. The number of nitrogens with zero attached hydrogens (tertiary/aromatic N) is 3. The Kier molecular flexibility index (Phi) is 4.45. The van der Waals surface area contributed by atoms with E-state index < -0.39 is 5.91 Å². The highest BCUT2D eigenvalue weighted by molar-refractivity contribution is 5.92. The average Bonchev–Trinajstić information content (AvgIpc) is 2.33. The highest BCUT2D eigenvalue weighted by Gasteiger charge is 1.94. The lowest BCUT2D eigenvalue weighted by Gasteiger charge is -1.88. The molecule has 2 aromatic heterocycles. The van der Waals surface area contributed by atoms with Gasteiger partial charge in [-0.1, -0.05) is 0 Å². The van der Waals surface area contributed by atoms with Crippen LogP contribution in [0.3, 0.4) is 0 Å². The summed E-state index contributed by atoms with van der Waals surface area (Å²) in [5.41, 5.74) is 5.38. The van der Waals surface area contributed by atoms with Gasteiger partial charge in [0.25, 0.3) is 0 Å². The number of rotatable bonds is 1. The second-order valence-corrected chi connectivity index (χ2v) is 2.51. The average molecular weight is 202 g/mol. The molecule has 0 atom stereocenters. The van der Waals surface area contributed by atoms with Crippen LogP contribution in [0.5, 0.6) is 0 Å². The van der Waals surface area contributed by atoms with Gasteiger partial charge in [0.1, 0.15) is 6.33 Å². The van der Waals surface area contributed by atoms with Gasteiger partial charge in [0, 0.05) is 24.8 Å². The molecular weight excluding hydrogens is 192 g/mol. The van der Waals surface area contributed by atoms with Gasteiger partial charge in [0.15, 0.2) is 0 Å². The number of aromatic nitrogens is 3. The summed E-state index contributed by atoms with van der Waals surface area (Å²) in [6, 6.07) is 5.06. The van der Waals surface area contributed by atoms with E-state index in [0.29, 0.717) is 5.56 Å². The summed E-state index contributed by atoms with van der Waals surface area (Å²) in [6.07, 6.45) is 7.90. The van der Waals surface area contributed by atoms with E-state index in [2.05, 4.69) is 15.0 Å². The van der Waals surface area contributed by atoms with Gasteiger partial charge >= 0.3 is 0 Å². The van der Waals surface area contributed by atoms with Crippen LogP contribution in [-0.4, -0.2) is 20.9 Å². The number of primary amides is 1. The molecule has 0 fully saturated rings. The quantitative estimate of drug-likeness (QED) is 0.736. The van der Waals surface area contributed by atoms with Crippen molar-refractivity contribution in [3.8, 4) is 0 Å². The fourth-order valence-electron chi connectivity index (χ4n) is 0.762. The third-order valence-electron chi connectivity index (χ3n) is 1.42. The zero-order valence-corrected chi connectivity index (χ0v) is 7.95. The van der Waals surface area contributed by atoms with Crippen LogP contribution in [0.1, 0.15) is 10.4 Å². The van der Waals surface area contributed by atoms with Crippen molar-refractivity contribution in [3.05, 3.63) is 54.9 Å². The van der Waals surface area contributed by atoms with Gasteiger partial charge in [0.05, 0.1) is 5.56 Å². The monoisotopic (exact) mass is 202 g/mol. The number of nitrogens with two attached hydrogens (primary N) is 1. The zero-order chi connectivity index (χ0) is 10.9. The molecule has 0 saturated heterocycles. The second kappa shape index (κ2) is 6.20. The molecule has 15 heavy (non-hydrogen) atoms. The minimum atomic E-state index is -0.442. The van der Waals surface area contributed by atoms with Crippen LogP contribution in [0.25, 0.3) is 0 Å². The second-order valence-electron chi connectivity index (χ2n) is 2.51. The SMILES string of the molecule is NC(=O)c1cccnc1.c1cncnc1. The molecule has 0 saturated carbocycles. The van der Waals surface area contributed by atoms with Crippen LogP contribution < -0.4 is 5.73 Å². The van der Waals surface area contributed by atoms with Gasteiger partial charge in [-0.05, 0) is 18.2 Å². The molecule has 0 radical (unpaired) electrons. The molecule has 0 aliphatic carbocycles. The van der Waals surface area contributed by atoms with E-state index in [1.165, 1.54) is 12.5 Å². The van der Waals surface area contributed by atoms with Crippen LogP contribution in [0.2, 0.25) is 0 Å². The lowest BCUT2D eigenvalue weighted by molar-refractivity contribution is 0.1000. The highest BCUT2D eigenvalue weighted by Crippen LogP contribution is 1.91. The fraction of sp³-hybridized carbons (Fsp3) is 0. The highest BCUT2D eigenvalue weighted by atomic mass is 16.1. The van der Waals surface area contributed by atoms with E-state index in [-0.39, 0.29) is 0 Å². The first-order valence-electron chi connectivity index (χ1n) is 4.20. The van der Waals surface area contributed by atoms with E-state index in [1.807, 2.05) is 0 Å². The topological polar surface area (TPSA) is 81.8 Å². The first-order chi connectivity index (χ1) is 7.30. The predicted molar refractivity (Wildman–Crippen MR) is 54.8 cm³/mol. The van der Waals surface area contributed by atoms with Crippen molar-refractivity contribution < 1.29 is 4.79 Å². The Bertz CT molecular complexity index is 364. The fourth-order valence-corrected chi connectivity index (χ4v) is 0.762. The molecular formula is C10H10N4O. The molecule has 0 bridgehead atoms. The van der Waals surface area contributed by atoms with E-state index in [1.54, 1.807) is 36.8 Å². The first-order valence-corrected chi connectivity index (χ1v) is 4.20. The summed E-state index contributed by atoms with van der Waals surface area (Å²) in [5.74, 6) is -0.442. The van der Waals surface area contributed by atoms with Crippen molar-refractivity contribution in [2.45, 2.75) is 0 Å². The van der Waals surface area contributed by atoms with Gasteiger partial charge < -0.3 is 5.73 Å². The van der Waals surface area contributed by atoms with Crippen LogP contribution >= 0.6 is 0 Å². The van der Waals surface area contributed by atoms with Crippen LogP contribution in [0, 0.1) is 0 Å². The largest absolute Gasteiger partial charge is 0.366 e. The van der Waals surface area contributed by atoms with Gasteiger partial charge in [-0.15, -0.1) is 0 Å². The number of carbonyl (C=O) groups is 1. The lowest BCUT2D eigenvalue weighted by Crippen LogP contribution is -2.10. The molecule has 0 aliphatic heterocycles. The summed E-state index contributed by atoms with van der Waals surface area (Å²) in [4.78, 5) is 21.4. The predicted octanol–water partition coefficient (Wildman–Crippen LogP) is 0.657. The number of carbonyl (C=O) groups excluding carboxylic acids is 1. The third kappa shape index (κ3) is 4.47. The molecule has 0 spiro atoms. The van der Waals surface area contributed by atoms with E-state index >= 15 is 0 Å². The Morgan fingerprint density at radius 2 is 1.73 bits per heavy atom. The van der Waals surface area contributed by atoms with E-state index in [4.69, 9.17) is 5.73 Å². The molecule has 5 nitrogen and oxygen atoms in total. The maximum atomic E-state index is 10.4. The molecule has 2 N–H and O–H groups in total. The summed E-state index contributed by atoms with van der Waals surface area (Å²) in [6.45, 7) is 0. The van der Waals surface area contributed by atoms with Crippen molar-refractivity contribution in [2.75, 3.05) is 0 Å². The number of hydrogen-bond donors (Lipinski definition) is 1. The Hall–Kier alpha value is -2.30. The van der Waals surface area contributed by atoms with Crippen molar-refractivity contribution in [2.24, 2.45) is 5.73 Å². The molecule has 2 heterocycles. The summed E-state index contributed by atoms with van der Waals surface area (Å²) in [5, 5.41) is 0. The maximum Gasteiger partial charge on any atom is 0.250 e. The Morgan fingerprint density at radius 3 is 2.00 bits per heavy atom. The number of pyridine rings is 1. The maximum absolute atomic E-state index is 10.4. The van der Waals surface area contributed by atoms with E-state index in [9.17, 15) is 4.79 Å². The van der Waals surface area contributed by atoms with Crippen LogP contribution in [0.4, 0.5) is 0 Å². The molecule has 0 aromatic carbocycles. The van der Waals surface area contributed by atoms with Gasteiger partial charge in [0.2, 0.25) is 5.91 Å². The summed E-state index contributed by atoms with van der Waals surface area (Å²) < 4.78 is 0. The molecule has 0 unspecified atom stereocenters. The van der Waals surface area contributed by atoms with Crippen LogP contribution in [-0.2, 0) is 0 Å². The van der Waals surface area contributed by atoms with Gasteiger partial charge in [-0.25, -0.2) is 9.97 Å². The summed E-state index contributed by atoms with van der Waals surface area (Å²) in [7, 11) is 0. The summed E-state index contributed by atoms with van der Waals surface area (Å²) >= 11 is 0. The van der Waals surface area contributed by atoms with Crippen molar-refractivity contribution >= 4 is 5.91 Å². The Morgan fingerprint density at radius 1 is 1.07 bits per heavy atom. The minimum Gasteiger partial charge on any atom is -0.366 e. The molecule has 76 valence electrons. The zero-order valence-electron chi connectivity index (χ0n) is 7.95. The lowest BCUT2D eigenvalue weighted by atomic mass is 10.3.